The largest absolute Gasteiger partial charge is 0.433 e. The minimum atomic E-state index is -4.57. The summed E-state index contributed by atoms with van der Waals surface area (Å²) in [5.74, 6) is 2.61. The second-order valence-electron chi connectivity index (χ2n) is 4.79. The van der Waals surface area contributed by atoms with E-state index in [0.717, 1.165) is 12.8 Å². The van der Waals surface area contributed by atoms with E-state index in [1.165, 1.54) is 51.4 Å². The van der Waals surface area contributed by atoms with Crippen molar-refractivity contribution in [2.24, 2.45) is 0 Å². The van der Waals surface area contributed by atoms with E-state index < -0.39 is 10.4 Å². The molecule has 5 nitrogen and oxygen atoms in total. The van der Waals surface area contributed by atoms with Crippen LogP contribution in [-0.4, -0.2) is 13.0 Å². The van der Waals surface area contributed by atoms with Gasteiger partial charge in [-0.1, -0.05) is 70.6 Å². The smallest absolute Gasteiger partial charge is 0.264 e. The van der Waals surface area contributed by atoms with E-state index in [4.69, 9.17) is 4.55 Å². The zero-order valence-electron chi connectivity index (χ0n) is 12.3. The van der Waals surface area contributed by atoms with Gasteiger partial charge in [0.25, 0.3) is 0 Å². The van der Waals surface area contributed by atoms with Crippen LogP contribution in [0.25, 0.3) is 0 Å². The van der Waals surface area contributed by atoms with Crippen LogP contribution in [0.3, 0.4) is 0 Å². The van der Waals surface area contributed by atoms with Gasteiger partial charge in [-0.25, -0.2) is 0 Å². The van der Waals surface area contributed by atoms with Gasteiger partial charge in [0.05, 0.1) is 0 Å². The Kier molecular flexibility index (Phi) is 12.7. The van der Waals surface area contributed by atoms with Crippen molar-refractivity contribution in [3.8, 4) is 12.0 Å². The first kappa shape index (κ1) is 19.2. The first-order chi connectivity index (χ1) is 9.56. The molecule has 0 amide bonds. The van der Waals surface area contributed by atoms with Crippen molar-refractivity contribution in [1.29, 1.82) is 0 Å². The molecular weight excluding hydrogens is 280 g/mol. The van der Waals surface area contributed by atoms with Crippen molar-refractivity contribution in [1.82, 2.24) is 0 Å². The summed E-state index contributed by atoms with van der Waals surface area (Å²) < 4.78 is 31.9. The van der Waals surface area contributed by atoms with Crippen LogP contribution in [-0.2, 0) is 19.6 Å². The highest BCUT2D eigenvalue weighted by Crippen LogP contribution is 2.10. The summed E-state index contributed by atoms with van der Waals surface area (Å²) in [5.41, 5.74) is 0. The third-order valence-corrected chi connectivity index (χ3v) is 3.13. The molecule has 0 radical (unpaired) electrons. The predicted molar refractivity (Wildman–Crippen MR) is 78.0 cm³/mol. The molecule has 118 valence electrons. The normalized spacial score (nSPS) is 10.9. The first-order valence-electron chi connectivity index (χ1n) is 7.36. The fourth-order valence-electron chi connectivity index (χ4n) is 1.84. The zero-order chi connectivity index (χ0) is 15.1. The molecule has 0 rings (SSSR count). The minimum Gasteiger partial charge on any atom is -0.264 e. The molecule has 1 N–H and O–H groups in total. The van der Waals surface area contributed by atoms with Crippen LogP contribution in [0, 0.1) is 12.0 Å². The topological polar surface area (TPSA) is 72.8 Å². The highest BCUT2D eigenvalue weighted by atomic mass is 32.3. The Balaban J connectivity index is 3.19. The number of rotatable bonds is 12. The lowest BCUT2D eigenvalue weighted by Gasteiger charge is -2.00. The highest BCUT2D eigenvalue weighted by molar-refractivity contribution is 7.80. The van der Waals surface area contributed by atoms with Crippen molar-refractivity contribution in [3.05, 3.63) is 0 Å². The van der Waals surface area contributed by atoms with E-state index in [1.54, 1.807) is 0 Å². The molecular formula is C14H26O5S. The Morgan fingerprint density at radius 1 is 0.900 bits per heavy atom. The van der Waals surface area contributed by atoms with E-state index in [9.17, 15) is 8.42 Å². The van der Waals surface area contributed by atoms with E-state index in [0.29, 0.717) is 6.42 Å². The van der Waals surface area contributed by atoms with Gasteiger partial charge < -0.3 is 0 Å². The van der Waals surface area contributed by atoms with Crippen molar-refractivity contribution < 1.29 is 22.2 Å². The lowest BCUT2D eigenvalue weighted by molar-refractivity contribution is -0.135. The molecule has 0 atom stereocenters. The van der Waals surface area contributed by atoms with Gasteiger partial charge in [-0.3, -0.25) is 9.44 Å². The molecule has 0 saturated carbocycles. The molecule has 0 heterocycles. The fraction of sp³-hybridized carbons (Fsp3) is 0.857. The van der Waals surface area contributed by atoms with Crippen LogP contribution in [0.4, 0.5) is 0 Å². The Morgan fingerprint density at radius 2 is 1.40 bits per heavy atom. The molecule has 0 aromatic carbocycles. The molecule has 0 aliphatic heterocycles. The van der Waals surface area contributed by atoms with E-state index >= 15 is 0 Å². The molecule has 0 spiro atoms. The van der Waals surface area contributed by atoms with E-state index in [-0.39, 0.29) is 0 Å². The van der Waals surface area contributed by atoms with Gasteiger partial charge in [0.2, 0.25) is 0 Å². The van der Waals surface area contributed by atoms with Gasteiger partial charge in [0, 0.05) is 6.42 Å². The maximum atomic E-state index is 10.1. The molecule has 0 aromatic heterocycles. The molecule has 0 aliphatic carbocycles. The van der Waals surface area contributed by atoms with Crippen molar-refractivity contribution in [3.63, 3.8) is 0 Å². The maximum absolute atomic E-state index is 10.1. The maximum Gasteiger partial charge on any atom is 0.433 e. The molecule has 0 saturated heterocycles. The highest BCUT2D eigenvalue weighted by Gasteiger charge is 2.03. The van der Waals surface area contributed by atoms with Gasteiger partial charge in [-0.2, -0.15) is 8.42 Å². The van der Waals surface area contributed by atoms with Gasteiger partial charge in [-0.15, -0.1) is 0 Å². The average Bonchev–Trinajstić information content (AvgIpc) is 2.38. The Labute approximate surface area is 122 Å². The molecule has 6 heteroatoms. The van der Waals surface area contributed by atoms with Crippen molar-refractivity contribution in [2.75, 3.05) is 0 Å². The van der Waals surface area contributed by atoms with Crippen molar-refractivity contribution in [2.45, 2.75) is 77.6 Å². The summed E-state index contributed by atoms with van der Waals surface area (Å²) in [6, 6.07) is 0. The Morgan fingerprint density at radius 3 is 1.90 bits per heavy atom. The lowest BCUT2D eigenvalue weighted by Crippen LogP contribution is -2.01. The molecule has 20 heavy (non-hydrogen) atoms. The Bertz CT molecular complexity index is 367. The second-order valence-corrected chi connectivity index (χ2v) is 5.78. The summed E-state index contributed by atoms with van der Waals surface area (Å²) >= 11 is 0. The van der Waals surface area contributed by atoms with Crippen LogP contribution in [0.5, 0.6) is 0 Å². The monoisotopic (exact) mass is 306 g/mol. The van der Waals surface area contributed by atoms with Gasteiger partial charge in [0.1, 0.15) is 0 Å². The number of hydrogen-bond acceptors (Lipinski definition) is 4. The summed E-state index contributed by atoms with van der Waals surface area (Å²) in [4.78, 5) is 3.99. The number of hydrogen-bond donors (Lipinski definition) is 1. The summed E-state index contributed by atoms with van der Waals surface area (Å²) in [6.45, 7) is 2.22. The third kappa shape index (κ3) is 17.2. The van der Waals surface area contributed by atoms with Gasteiger partial charge >= 0.3 is 10.4 Å². The molecule has 0 aliphatic rings. The minimum absolute atomic E-state index is 0.630. The standard InChI is InChI=1S/C14H26O5S/c1-2-3-4-5-6-7-8-9-10-11-12-13-14-18-19-20(15,16)17/h2-12H2,1H3,(H,15,16,17). The fourth-order valence-corrected chi connectivity index (χ4v) is 1.96. The lowest BCUT2D eigenvalue weighted by atomic mass is 10.1. The van der Waals surface area contributed by atoms with Gasteiger partial charge in [-0.05, 0) is 10.8 Å². The van der Waals surface area contributed by atoms with Crippen molar-refractivity contribution >= 4 is 10.4 Å². The zero-order valence-corrected chi connectivity index (χ0v) is 13.1. The molecule has 0 aromatic rings. The molecule has 0 bridgehead atoms. The van der Waals surface area contributed by atoms with Gasteiger partial charge in [0.15, 0.2) is 6.11 Å². The summed E-state index contributed by atoms with van der Waals surface area (Å²) in [6.07, 6.45) is 15.2. The van der Waals surface area contributed by atoms with E-state index in [1.807, 2.05) is 0 Å². The van der Waals surface area contributed by atoms with Crippen LogP contribution < -0.4 is 0 Å². The third-order valence-electron chi connectivity index (χ3n) is 2.89. The average molecular weight is 306 g/mol. The van der Waals surface area contributed by atoms with Crippen LogP contribution in [0.15, 0.2) is 0 Å². The van der Waals surface area contributed by atoms with Crippen LogP contribution >= 0.6 is 0 Å². The van der Waals surface area contributed by atoms with Crippen LogP contribution in [0.1, 0.15) is 77.6 Å². The van der Waals surface area contributed by atoms with Crippen LogP contribution in [0.2, 0.25) is 0 Å². The Hall–Kier alpha value is -0.770. The SMILES string of the molecule is CCCCCCCCCCCCC#COOS(=O)(=O)O. The summed E-state index contributed by atoms with van der Waals surface area (Å²) in [7, 11) is -4.57. The number of unbranched alkanes of at least 4 members (excludes halogenated alkanes) is 10. The first-order valence-corrected chi connectivity index (χ1v) is 8.73. The molecule has 0 fully saturated rings. The molecule has 0 unspecified atom stereocenters. The predicted octanol–water partition coefficient (Wildman–Crippen LogP) is 4.01. The van der Waals surface area contributed by atoms with E-state index in [2.05, 4.69) is 28.2 Å². The quantitative estimate of drug-likeness (QED) is 0.194. The second kappa shape index (κ2) is 13.2. The summed E-state index contributed by atoms with van der Waals surface area (Å²) in [5, 5.41) is 0.